The predicted octanol–water partition coefficient (Wildman–Crippen LogP) is 10.9. The number of hydrogen-bond donors (Lipinski definition) is 0. The van der Waals surface area contributed by atoms with E-state index >= 15 is 0 Å². The Labute approximate surface area is 272 Å². The summed E-state index contributed by atoms with van der Waals surface area (Å²) < 4.78 is 0. The molecule has 7 heteroatoms. The monoisotopic (exact) mass is 668 g/mol. The molecule has 4 aromatic heterocycles. The fourth-order valence-corrected chi connectivity index (χ4v) is 5.50. The molecule has 0 radical (unpaired) electrons. The van der Waals surface area contributed by atoms with Crippen molar-refractivity contribution in [1.29, 1.82) is 0 Å². The normalized spacial score (nSPS) is 10.7. The van der Waals surface area contributed by atoms with Crippen molar-refractivity contribution in [2.24, 2.45) is 0 Å². The molecule has 0 aliphatic rings. The second-order valence-corrected chi connectivity index (χ2v) is 10.3. The van der Waals surface area contributed by atoms with Crippen LogP contribution in [0.2, 0.25) is 0 Å². The Hall–Kier alpha value is -5.52. The zero-order chi connectivity index (χ0) is 29.9. The number of nitrogens with zero attached hydrogens (tertiary/aromatic N) is 4. The summed E-state index contributed by atoms with van der Waals surface area (Å²) in [7, 11) is 0. The van der Waals surface area contributed by atoms with Gasteiger partial charge in [0.05, 0.1) is 22.1 Å². The van der Waals surface area contributed by atoms with Gasteiger partial charge >= 0.3 is 19.5 Å². The van der Waals surface area contributed by atoms with Crippen molar-refractivity contribution in [3.8, 4) is 0 Å². The number of fused-ring (bicyclic) bond motifs is 9. The van der Waals surface area contributed by atoms with Crippen LogP contribution in [0.1, 0.15) is 0 Å². The van der Waals surface area contributed by atoms with E-state index in [2.05, 4.69) is 68.5 Å². The van der Waals surface area contributed by atoms with Crippen molar-refractivity contribution >= 4 is 76.5 Å². The Kier molecular flexibility index (Phi) is 8.54. The van der Waals surface area contributed by atoms with Gasteiger partial charge in [0, 0.05) is 46.3 Å². The van der Waals surface area contributed by atoms with Crippen molar-refractivity contribution in [3.63, 3.8) is 0 Å². The van der Waals surface area contributed by atoms with E-state index in [1.54, 1.807) is 24.8 Å². The quantitative estimate of drug-likeness (QED) is 0.119. The standard InChI is InChI=1S/C14H10N2.2C12H8N2.Ru/c15-13-11-7-3-1-5-9(11)10-6-2-4-8-12(10)14(13)16;2*1-3-9-5-6-10-4-2-8-14-12(10)11(9)13-7-1;/h1-8,15-16H;2*1-8H;/q-2;;;+2. The molecular formula is C38H26N6Ru. The maximum absolute atomic E-state index is 7.98. The van der Waals surface area contributed by atoms with Crippen molar-refractivity contribution in [2.45, 2.75) is 0 Å². The van der Waals surface area contributed by atoms with Gasteiger partial charge in [-0.05, 0) is 45.8 Å². The molecule has 45 heavy (non-hydrogen) atoms. The fourth-order valence-electron chi connectivity index (χ4n) is 5.50. The Bertz CT molecular complexity index is 2160. The third-order valence-corrected chi connectivity index (χ3v) is 7.62. The minimum atomic E-state index is 0. The summed E-state index contributed by atoms with van der Waals surface area (Å²) in [5.74, 6) is 0. The van der Waals surface area contributed by atoms with Gasteiger partial charge in [-0.2, -0.15) is 0 Å². The van der Waals surface area contributed by atoms with Crippen molar-refractivity contribution in [2.75, 3.05) is 0 Å². The third-order valence-electron chi connectivity index (χ3n) is 7.62. The van der Waals surface area contributed by atoms with Crippen LogP contribution >= 0.6 is 0 Å². The topological polar surface area (TPSA) is 99.2 Å². The fraction of sp³-hybridized carbons (Fsp3) is 0. The Morgan fingerprint density at radius 2 is 0.578 bits per heavy atom. The maximum Gasteiger partial charge on any atom is 2.00 e. The molecule has 216 valence electrons. The average molecular weight is 668 g/mol. The Morgan fingerprint density at radius 3 is 0.867 bits per heavy atom. The predicted molar refractivity (Wildman–Crippen MR) is 184 cm³/mol. The van der Waals surface area contributed by atoms with Gasteiger partial charge in [-0.3, -0.25) is 19.9 Å². The Morgan fingerprint density at radius 1 is 0.311 bits per heavy atom. The van der Waals surface area contributed by atoms with Crippen LogP contribution in [0, 0.1) is 0 Å². The molecule has 0 aliphatic carbocycles. The number of aromatic nitrogens is 4. The van der Waals surface area contributed by atoms with Gasteiger partial charge in [0.25, 0.3) is 0 Å². The molecule has 9 aromatic rings. The van der Waals surface area contributed by atoms with Gasteiger partial charge in [-0.15, -0.1) is 11.4 Å². The number of pyridine rings is 4. The second kappa shape index (κ2) is 13.0. The van der Waals surface area contributed by atoms with Crippen LogP contribution < -0.4 is 0 Å². The summed E-state index contributed by atoms with van der Waals surface area (Å²) in [6.45, 7) is 0. The summed E-state index contributed by atoms with van der Waals surface area (Å²) >= 11 is 0. The van der Waals surface area contributed by atoms with E-state index in [9.17, 15) is 0 Å². The van der Waals surface area contributed by atoms with Crippen LogP contribution in [0.15, 0.2) is 146 Å². The molecular weight excluding hydrogens is 642 g/mol. The molecule has 0 fully saturated rings. The summed E-state index contributed by atoms with van der Waals surface area (Å²) in [5, 5.41) is 8.37. The molecule has 0 unspecified atom stereocenters. The molecule has 0 spiro atoms. The van der Waals surface area contributed by atoms with E-state index in [4.69, 9.17) is 11.5 Å². The zero-order valence-corrected chi connectivity index (χ0v) is 25.7. The first-order valence-electron chi connectivity index (χ1n) is 14.2. The SMILES string of the molecule is [NH-]c1c([NH-])c2ccccc2c2ccccc12.[Ru+2].c1cnc2c(c1)ccc1cccnc12.c1cnc2c(c1)ccc1cccnc12. The van der Waals surface area contributed by atoms with E-state index < -0.39 is 0 Å². The van der Waals surface area contributed by atoms with Gasteiger partial charge < -0.3 is 11.5 Å². The molecule has 0 amide bonds. The molecule has 4 heterocycles. The molecule has 0 saturated heterocycles. The van der Waals surface area contributed by atoms with Crippen LogP contribution in [0.5, 0.6) is 0 Å². The number of rotatable bonds is 0. The zero-order valence-electron chi connectivity index (χ0n) is 24.0. The first-order chi connectivity index (χ1) is 21.7. The van der Waals surface area contributed by atoms with Crippen molar-refractivity contribution in [1.82, 2.24) is 19.9 Å². The van der Waals surface area contributed by atoms with Crippen molar-refractivity contribution < 1.29 is 19.5 Å². The minimum Gasteiger partial charge on any atom is -0.699 e. The maximum atomic E-state index is 7.98. The molecule has 0 bridgehead atoms. The molecule has 0 aliphatic heterocycles. The number of nitrogens with one attached hydrogen (secondary N) is 2. The van der Waals surface area contributed by atoms with Crippen LogP contribution in [0.3, 0.4) is 0 Å². The summed E-state index contributed by atoms with van der Waals surface area (Å²) in [5.41, 5.74) is 20.5. The average Bonchev–Trinajstić information content (AvgIpc) is 3.11. The summed E-state index contributed by atoms with van der Waals surface area (Å²) in [6.07, 6.45) is 7.21. The first kappa shape index (κ1) is 29.6. The van der Waals surface area contributed by atoms with Gasteiger partial charge in [-0.25, -0.2) is 0 Å². The molecule has 2 N–H and O–H groups in total. The molecule has 6 nitrogen and oxygen atoms in total. The molecule has 0 saturated carbocycles. The van der Waals surface area contributed by atoms with E-state index in [1.165, 1.54) is 0 Å². The van der Waals surface area contributed by atoms with E-state index in [-0.39, 0.29) is 19.5 Å². The molecule has 0 atom stereocenters. The van der Waals surface area contributed by atoms with Gasteiger partial charge in [0.2, 0.25) is 0 Å². The van der Waals surface area contributed by atoms with Crippen LogP contribution in [0.4, 0.5) is 11.4 Å². The van der Waals surface area contributed by atoms with E-state index in [1.807, 2.05) is 72.8 Å². The summed E-state index contributed by atoms with van der Waals surface area (Å²) in [6, 6.07) is 39.9. The first-order valence-corrected chi connectivity index (χ1v) is 14.2. The van der Waals surface area contributed by atoms with E-state index in [0.717, 1.165) is 65.2 Å². The molecule has 5 aromatic carbocycles. The van der Waals surface area contributed by atoms with Crippen molar-refractivity contribution in [3.05, 3.63) is 158 Å². The minimum absolute atomic E-state index is 0. The Balaban J connectivity index is 0.000000118. The summed E-state index contributed by atoms with van der Waals surface area (Å²) in [4.78, 5) is 17.4. The van der Waals surface area contributed by atoms with Gasteiger partial charge in [0.15, 0.2) is 0 Å². The molecule has 9 rings (SSSR count). The van der Waals surface area contributed by atoms with Crippen LogP contribution in [0.25, 0.3) is 76.6 Å². The number of benzene rings is 5. The number of hydrogen-bond acceptors (Lipinski definition) is 4. The van der Waals surface area contributed by atoms with Gasteiger partial charge in [-0.1, -0.05) is 97.1 Å². The smallest absolute Gasteiger partial charge is 0.699 e. The van der Waals surface area contributed by atoms with Crippen LogP contribution in [-0.4, -0.2) is 19.9 Å². The van der Waals surface area contributed by atoms with Crippen LogP contribution in [-0.2, 0) is 19.5 Å². The largest absolute Gasteiger partial charge is 2.00 e. The van der Waals surface area contributed by atoms with E-state index in [0.29, 0.717) is 11.4 Å². The van der Waals surface area contributed by atoms with Gasteiger partial charge in [0.1, 0.15) is 0 Å². The third kappa shape index (κ3) is 5.74. The second-order valence-electron chi connectivity index (χ2n) is 10.3.